The molecule has 7 heteroatoms. The number of hydrogen-bond donors (Lipinski definition) is 0. The van der Waals surface area contributed by atoms with Gasteiger partial charge in [0.25, 0.3) is 0 Å². The highest BCUT2D eigenvalue weighted by atomic mass is 16.5. The largest absolute Gasteiger partial charge is 0.374 e. The number of hydrogen-bond acceptors (Lipinski definition) is 6. The van der Waals surface area contributed by atoms with Crippen molar-refractivity contribution in [1.82, 2.24) is 24.3 Å². The summed E-state index contributed by atoms with van der Waals surface area (Å²) in [4.78, 5) is 17.8. The molecule has 0 radical (unpaired) electrons. The number of rotatable bonds is 11. The van der Waals surface area contributed by atoms with Crippen LogP contribution in [0, 0.1) is 0 Å². The Kier molecular flexibility index (Phi) is 9.03. The number of anilines is 1. The lowest BCUT2D eigenvalue weighted by atomic mass is 9.99. The van der Waals surface area contributed by atoms with E-state index in [9.17, 15) is 0 Å². The summed E-state index contributed by atoms with van der Waals surface area (Å²) in [6.07, 6.45) is 2.19. The third-order valence-electron chi connectivity index (χ3n) is 8.55. The van der Waals surface area contributed by atoms with Crippen molar-refractivity contribution >= 4 is 27.6 Å². The fraction of sp³-hybridized carbons (Fsp3) is 0.389. The van der Waals surface area contributed by atoms with Crippen LogP contribution in [-0.2, 0) is 17.9 Å². The molecule has 0 aliphatic carbocycles. The standard InChI is InChI=1S/C36H44N6O/c1-5-43-26-32-37-35-33(28-16-18-29(19-17-28)41-24-22-40(4)23-25-41)38-34-30(27-12-7-6-8-13-27)14-11-15-31(34)36(35)42(32)21-10-9-20-39(2)3/h6-8,11-19H,5,9-10,20-26H2,1-4H3. The van der Waals surface area contributed by atoms with E-state index in [2.05, 4.69) is 113 Å². The second-order valence-corrected chi connectivity index (χ2v) is 11.9. The van der Waals surface area contributed by atoms with Crippen LogP contribution < -0.4 is 4.90 Å². The molecule has 43 heavy (non-hydrogen) atoms. The normalized spacial score (nSPS) is 14.4. The van der Waals surface area contributed by atoms with Crippen LogP contribution in [0.3, 0.4) is 0 Å². The zero-order valence-electron chi connectivity index (χ0n) is 26.1. The van der Waals surface area contributed by atoms with E-state index in [4.69, 9.17) is 14.7 Å². The number of fused-ring (bicyclic) bond motifs is 3. The van der Waals surface area contributed by atoms with Crippen LogP contribution in [0.4, 0.5) is 5.69 Å². The Hall–Kier alpha value is -3.78. The number of aryl methyl sites for hydroxylation is 1. The first-order valence-corrected chi connectivity index (χ1v) is 15.7. The number of aromatic nitrogens is 3. The van der Waals surface area contributed by atoms with E-state index in [0.29, 0.717) is 13.2 Å². The van der Waals surface area contributed by atoms with Gasteiger partial charge in [-0.15, -0.1) is 0 Å². The number of unbranched alkanes of at least 4 members (excludes halogenated alkanes) is 1. The van der Waals surface area contributed by atoms with Gasteiger partial charge in [-0.25, -0.2) is 9.97 Å². The average Bonchev–Trinajstić information content (AvgIpc) is 3.40. The monoisotopic (exact) mass is 576 g/mol. The topological polar surface area (TPSA) is 49.7 Å². The van der Waals surface area contributed by atoms with Crippen molar-refractivity contribution < 1.29 is 4.74 Å². The van der Waals surface area contributed by atoms with Gasteiger partial charge in [-0.05, 0) is 65.1 Å². The molecule has 3 heterocycles. The molecule has 1 saturated heterocycles. The molecule has 0 unspecified atom stereocenters. The predicted octanol–water partition coefficient (Wildman–Crippen LogP) is 6.55. The van der Waals surface area contributed by atoms with E-state index in [1.54, 1.807) is 0 Å². The molecule has 5 aromatic rings. The first-order valence-electron chi connectivity index (χ1n) is 15.7. The van der Waals surface area contributed by atoms with Crippen molar-refractivity contribution in [3.63, 3.8) is 0 Å². The SMILES string of the molecule is CCOCc1nc2c(-c3ccc(N4CCN(C)CC4)cc3)nc3c(-c4ccccc4)cccc3c2n1CCCCN(C)C. The lowest BCUT2D eigenvalue weighted by Gasteiger charge is -2.34. The Morgan fingerprint density at radius 1 is 0.791 bits per heavy atom. The first-order chi connectivity index (χ1) is 21.0. The Bertz CT molecular complexity index is 1650. The minimum atomic E-state index is 0.487. The van der Waals surface area contributed by atoms with E-state index in [0.717, 1.165) is 96.7 Å². The number of nitrogens with zero attached hydrogens (tertiary/aromatic N) is 6. The Balaban J connectivity index is 1.52. The van der Waals surface area contributed by atoms with Crippen LogP contribution in [-0.4, -0.2) is 84.8 Å². The second kappa shape index (κ2) is 13.2. The van der Waals surface area contributed by atoms with E-state index in [-0.39, 0.29) is 0 Å². The van der Waals surface area contributed by atoms with E-state index in [1.165, 1.54) is 11.3 Å². The van der Waals surface area contributed by atoms with Crippen molar-refractivity contribution in [1.29, 1.82) is 0 Å². The smallest absolute Gasteiger partial charge is 0.136 e. The van der Waals surface area contributed by atoms with Crippen molar-refractivity contribution in [3.8, 4) is 22.4 Å². The maximum Gasteiger partial charge on any atom is 0.136 e. The van der Waals surface area contributed by atoms with Crippen molar-refractivity contribution in [2.45, 2.75) is 32.9 Å². The third-order valence-corrected chi connectivity index (χ3v) is 8.55. The van der Waals surface area contributed by atoms with Gasteiger partial charge in [0.2, 0.25) is 0 Å². The van der Waals surface area contributed by atoms with Gasteiger partial charge >= 0.3 is 0 Å². The van der Waals surface area contributed by atoms with Gasteiger partial charge in [0.15, 0.2) is 0 Å². The third kappa shape index (κ3) is 6.30. The molecule has 0 amide bonds. The maximum atomic E-state index is 5.95. The number of pyridine rings is 1. The number of ether oxygens (including phenoxy) is 1. The van der Waals surface area contributed by atoms with Gasteiger partial charge in [-0.2, -0.15) is 0 Å². The summed E-state index contributed by atoms with van der Waals surface area (Å²) in [5.41, 5.74) is 8.71. The van der Waals surface area contributed by atoms with E-state index in [1.807, 2.05) is 6.92 Å². The van der Waals surface area contributed by atoms with Crippen LogP contribution in [0.25, 0.3) is 44.3 Å². The summed E-state index contributed by atoms with van der Waals surface area (Å²) in [5.74, 6) is 0.969. The fourth-order valence-corrected chi connectivity index (χ4v) is 6.15. The van der Waals surface area contributed by atoms with Gasteiger partial charge in [0.1, 0.15) is 17.9 Å². The van der Waals surface area contributed by atoms with Crippen molar-refractivity contribution in [2.75, 3.05) is 65.4 Å². The summed E-state index contributed by atoms with van der Waals surface area (Å²) in [7, 11) is 6.47. The van der Waals surface area contributed by atoms with Crippen LogP contribution in [0.1, 0.15) is 25.6 Å². The van der Waals surface area contributed by atoms with Crippen LogP contribution in [0.2, 0.25) is 0 Å². The summed E-state index contributed by atoms with van der Waals surface area (Å²) in [6, 6.07) is 26.1. The van der Waals surface area contributed by atoms with Crippen LogP contribution in [0.5, 0.6) is 0 Å². The second-order valence-electron chi connectivity index (χ2n) is 11.9. The van der Waals surface area contributed by atoms with Crippen molar-refractivity contribution in [3.05, 3.63) is 78.6 Å². The molecule has 0 bridgehead atoms. The van der Waals surface area contributed by atoms with Gasteiger partial charge in [0.05, 0.1) is 16.7 Å². The van der Waals surface area contributed by atoms with Crippen molar-refractivity contribution in [2.24, 2.45) is 0 Å². The molecular formula is C36H44N6O. The molecule has 0 spiro atoms. The van der Waals surface area contributed by atoms with E-state index < -0.39 is 0 Å². The highest BCUT2D eigenvalue weighted by molar-refractivity contribution is 6.11. The summed E-state index contributed by atoms with van der Waals surface area (Å²) < 4.78 is 8.36. The van der Waals surface area contributed by atoms with E-state index >= 15 is 0 Å². The zero-order chi connectivity index (χ0) is 29.8. The minimum Gasteiger partial charge on any atom is -0.374 e. The maximum absolute atomic E-state index is 5.95. The number of piperazine rings is 1. The van der Waals surface area contributed by atoms with Gasteiger partial charge in [-0.3, -0.25) is 0 Å². The lowest BCUT2D eigenvalue weighted by molar-refractivity contribution is 0.126. The lowest BCUT2D eigenvalue weighted by Crippen LogP contribution is -2.44. The summed E-state index contributed by atoms with van der Waals surface area (Å²) >= 11 is 0. The zero-order valence-corrected chi connectivity index (χ0v) is 26.1. The van der Waals surface area contributed by atoms with Crippen LogP contribution in [0.15, 0.2) is 72.8 Å². The molecular weight excluding hydrogens is 532 g/mol. The molecule has 1 aliphatic heterocycles. The molecule has 0 saturated carbocycles. The Morgan fingerprint density at radius 2 is 1.56 bits per heavy atom. The number of benzene rings is 3. The first kappa shape index (κ1) is 29.3. The minimum absolute atomic E-state index is 0.487. The molecule has 7 nitrogen and oxygen atoms in total. The molecule has 2 aromatic heterocycles. The Morgan fingerprint density at radius 3 is 2.28 bits per heavy atom. The van der Waals surface area contributed by atoms with Gasteiger partial charge in [-0.1, -0.05) is 60.7 Å². The van der Waals surface area contributed by atoms with Crippen LogP contribution >= 0.6 is 0 Å². The van der Waals surface area contributed by atoms with Gasteiger partial charge in [0, 0.05) is 61.5 Å². The number of para-hydroxylation sites is 1. The van der Waals surface area contributed by atoms with Gasteiger partial charge < -0.3 is 24.0 Å². The molecule has 1 aliphatic rings. The molecule has 224 valence electrons. The quantitative estimate of drug-likeness (QED) is 0.166. The average molecular weight is 577 g/mol. The summed E-state index contributed by atoms with van der Waals surface area (Å²) in [5, 5.41) is 1.14. The molecule has 0 N–H and O–H groups in total. The molecule has 6 rings (SSSR count). The molecule has 0 atom stereocenters. The highest BCUT2D eigenvalue weighted by Gasteiger charge is 2.22. The number of imidazole rings is 1. The predicted molar refractivity (Wildman–Crippen MR) is 179 cm³/mol. The highest BCUT2D eigenvalue weighted by Crippen LogP contribution is 2.38. The number of likely N-dealkylation sites (N-methyl/N-ethyl adjacent to an activating group) is 1. The summed E-state index contributed by atoms with van der Waals surface area (Å²) in [6.45, 7) is 9.42. The molecule has 1 fully saturated rings. The Labute approximate surface area is 255 Å². The fourth-order valence-electron chi connectivity index (χ4n) is 6.15. The molecule has 3 aromatic carbocycles.